The number of ether oxygens (including phenoxy) is 1. The number of aliphatic imine (C=N–C) groups is 1. The molecular weight excluding hydrogens is 228 g/mol. The normalized spacial score (nSPS) is 32.3. The van der Waals surface area contributed by atoms with E-state index < -0.39 is 0 Å². The van der Waals surface area contributed by atoms with Gasteiger partial charge in [0.15, 0.2) is 5.96 Å². The second-order valence-corrected chi connectivity index (χ2v) is 5.71. The van der Waals surface area contributed by atoms with E-state index in [-0.39, 0.29) is 5.54 Å². The van der Waals surface area contributed by atoms with Crippen LogP contribution >= 0.6 is 0 Å². The van der Waals surface area contributed by atoms with E-state index in [2.05, 4.69) is 35.8 Å². The van der Waals surface area contributed by atoms with Crippen LogP contribution in [0.3, 0.4) is 0 Å². The Morgan fingerprint density at radius 2 is 2.33 bits per heavy atom. The molecule has 104 valence electrons. The first kappa shape index (κ1) is 13.6. The minimum atomic E-state index is 0.124. The molecule has 0 radical (unpaired) electrons. The Bertz CT molecular complexity index is 318. The van der Waals surface area contributed by atoms with Crippen molar-refractivity contribution in [2.75, 3.05) is 40.3 Å². The van der Waals surface area contributed by atoms with Gasteiger partial charge < -0.3 is 20.3 Å². The van der Waals surface area contributed by atoms with Crippen molar-refractivity contribution in [3.8, 4) is 0 Å². The lowest BCUT2D eigenvalue weighted by Crippen LogP contribution is -2.57. The third-order valence-electron chi connectivity index (χ3n) is 4.14. The predicted molar refractivity (Wildman–Crippen MR) is 73.7 cm³/mol. The lowest BCUT2D eigenvalue weighted by Gasteiger charge is -2.45. The van der Waals surface area contributed by atoms with Crippen LogP contribution in [0.4, 0.5) is 0 Å². The molecule has 2 rings (SSSR count). The molecule has 2 aliphatic heterocycles. The van der Waals surface area contributed by atoms with Gasteiger partial charge in [-0.2, -0.15) is 0 Å². The van der Waals surface area contributed by atoms with Crippen LogP contribution in [-0.2, 0) is 4.74 Å². The molecule has 0 aromatic carbocycles. The van der Waals surface area contributed by atoms with Crippen LogP contribution in [0.1, 0.15) is 26.2 Å². The zero-order valence-corrected chi connectivity index (χ0v) is 11.9. The zero-order valence-electron chi connectivity index (χ0n) is 11.9. The van der Waals surface area contributed by atoms with Crippen molar-refractivity contribution in [3.05, 3.63) is 0 Å². The maximum absolute atomic E-state index is 6.07. The van der Waals surface area contributed by atoms with Gasteiger partial charge in [0.25, 0.3) is 0 Å². The fraction of sp³-hybridized carbons (Fsp3) is 0.923. The van der Waals surface area contributed by atoms with E-state index in [9.17, 15) is 0 Å². The van der Waals surface area contributed by atoms with E-state index in [4.69, 9.17) is 10.5 Å². The summed E-state index contributed by atoms with van der Waals surface area (Å²) in [6.07, 6.45) is 3.53. The summed E-state index contributed by atoms with van der Waals surface area (Å²) in [5, 5.41) is 0. The molecule has 0 bridgehead atoms. The summed E-state index contributed by atoms with van der Waals surface area (Å²) in [6.45, 7) is 5.83. The second kappa shape index (κ2) is 5.45. The lowest BCUT2D eigenvalue weighted by atomic mass is 9.85. The van der Waals surface area contributed by atoms with Crippen molar-refractivity contribution >= 4 is 5.96 Å². The molecule has 2 heterocycles. The van der Waals surface area contributed by atoms with Crippen molar-refractivity contribution in [2.45, 2.75) is 37.8 Å². The molecule has 1 fully saturated rings. The Balaban J connectivity index is 2.06. The standard InChI is InChI=1S/C13H26N4O/c1-4-11-9-13(5-8-18-11)10-15-12(14)17(13)7-6-16(2)3/h11H,4-10H2,1-3H3,(H2,14,15). The van der Waals surface area contributed by atoms with Crippen LogP contribution in [0, 0.1) is 0 Å². The highest BCUT2D eigenvalue weighted by atomic mass is 16.5. The summed E-state index contributed by atoms with van der Waals surface area (Å²) in [7, 11) is 4.18. The van der Waals surface area contributed by atoms with Gasteiger partial charge in [-0.15, -0.1) is 0 Å². The summed E-state index contributed by atoms with van der Waals surface area (Å²) >= 11 is 0. The van der Waals surface area contributed by atoms with Gasteiger partial charge in [-0.05, 0) is 33.4 Å². The summed E-state index contributed by atoms with van der Waals surface area (Å²) in [5.74, 6) is 0.716. The number of hydrogen-bond acceptors (Lipinski definition) is 5. The first-order chi connectivity index (χ1) is 8.57. The monoisotopic (exact) mass is 254 g/mol. The number of nitrogens with two attached hydrogens (primary N) is 1. The van der Waals surface area contributed by atoms with Gasteiger partial charge in [-0.25, -0.2) is 0 Å². The quantitative estimate of drug-likeness (QED) is 0.794. The van der Waals surface area contributed by atoms with Gasteiger partial charge in [-0.1, -0.05) is 6.92 Å². The van der Waals surface area contributed by atoms with Crippen LogP contribution in [0.5, 0.6) is 0 Å². The summed E-state index contributed by atoms with van der Waals surface area (Å²) < 4.78 is 5.79. The number of hydrogen-bond donors (Lipinski definition) is 1. The Morgan fingerprint density at radius 3 is 3.00 bits per heavy atom. The average Bonchev–Trinajstić information content (AvgIpc) is 2.64. The molecule has 2 atom stereocenters. The minimum absolute atomic E-state index is 0.124. The van der Waals surface area contributed by atoms with Gasteiger partial charge in [0.2, 0.25) is 0 Å². The van der Waals surface area contributed by atoms with E-state index in [0.29, 0.717) is 12.1 Å². The Morgan fingerprint density at radius 1 is 1.56 bits per heavy atom. The molecule has 5 nitrogen and oxygen atoms in total. The molecule has 0 aromatic rings. The van der Waals surface area contributed by atoms with Crippen LogP contribution < -0.4 is 5.73 Å². The minimum Gasteiger partial charge on any atom is -0.378 e. The first-order valence-corrected chi connectivity index (χ1v) is 6.91. The van der Waals surface area contributed by atoms with Crippen LogP contribution in [0.2, 0.25) is 0 Å². The topological polar surface area (TPSA) is 54.1 Å². The third-order valence-corrected chi connectivity index (χ3v) is 4.14. The summed E-state index contributed by atoms with van der Waals surface area (Å²) in [4.78, 5) is 9.00. The fourth-order valence-corrected chi connectivity index (χ4v) is 2.94. The number of guanidine groups is 1. The Kier molecular flexibility index (Phi) is 4.12. The summed E-state index contributed by atoms with van der Waals surface area (Å²) in [6, 6.07) is 0. The average molecular weight is 254 g/mol. The smallest absolute Gasteiger partial charge is 0.191 e. The van der Waals surface area contributed by atoms with E-state index in [1.54, 1.807) is 0 Å². The van der Waals surface area contributed by atoms with Crippen molar-refractivity contribution in [1.82, 2.24) is 9.80 Å². The maximum Gasteiger partial charge on any atom is 0.191 e. The Hall–Kier alpha value is -0.810. The molecule has 0 aliphatic carbocycles. The first-order valence-electron chi connectivity index (χ1n) is 6.91. The third kappa shape index (κ3) is 2.62. The van der Waals surface area contributed by atoms with Gasteiger partial charge in [0.1, 0.15) is 0 Å². The van der Waals surface area contributed by atoms with Crippen molar-refractivity contribution in [2.24, 2.45) is 10.7 Å². The van der Waals surface area contributed by atoms with Crippen LogP contribution in [0.25, 0.3) is 0 Å². The van der Waals surface area contributed by atoms with Crippen molar-refractivity contribution < 1.29 is 4.74 Å². The molecule has 2 unspecified atom stereocenters. The molecule has 2 N–H and O–H groups in total. The molecule has 2 aliphatic rings. The molecule has 1 spiro atoms. The maximum atomic E-state index is 6.07. The van der Waals surface area contributed by atoms with E-state index >= 15 is 0 Å². The van der Waals surface area contributed by atoms with Gasteiger partial charge >= 0.3 is 0 Å². The van der Waals surface area contributed by atoms with Gasteiger partial charge in [-0.3, -0.25) is 4.99 Å². The second-order valence-electron chi connectivity index (χ2n) is 5.71. The van der Waals surface area contributed by atoms with Gasteiger partial charge in [0, 0.05) is 19.7 Å². The highest BCUT2D eigenvalue weighted by Gasteiger charge is 2.45. The highest BCUT2D eigenvalue weighted by molar-refractivity contribution is 5.81. The molecular formula is C13H26N4O. The SMILES string of the molecule is CCC1CC2(CCO1)CN=C(N)N2CCN(C)C. The molecule has 18 heavy (non-hydrogen) atoms. The van der Waals surface area contributed by atoms with E-state index in [0.717, 1.165) is 45.5 Å². The number of likely N-dealkylation sites (N-methyl/N-ethyl adjacent to an activating group) is 1. The van der Waals surface area contributed by atoms with Crippen LogP contribution in [-0.4, -0.2) is 67.7 Å². The molecule has 0 saturated carbocycles. The van der Waals surface area contributed by atoms with Crippen molar-refractivity contribution in [1.29, 1.82) is 0 Å². The fourth-order valence-electron chi connectivity index (χ4n) is 2.94. The number of nitrogens with zero attached hydrogens (tertiary/aromatic N) is 3. The van der Waals surface area contributed by atoms with E-state index in [1.165, 1.54) is 0 Å². The molecule has 1 saturated heterocycles. The molecule has 0 aromatic heterocycles. The predicted octanol–water partition coefficient (Wildman–Crippen LogP) is 0.506. The zero-order chi connectivity index (χ0) is 13.2. The Labute approximate surface area is 110 Å². The molecule has 5 heteroatoms. The molecule has 0 amide bonds. The number of rotatable bonds is 4. The van der Waals surface area contributed by atoms with Gasteiger partial charge in [0.05, 0.1) is 18.2 Å². The van der Waals surface area contributed by atoms with Crippen molar-refractivity contribution in [3.63, 3.8) is 0 Å². The summed E-state index contributed by atoms with van der Waals surface area (Å²) in [5.41, 5.74) is 6.20. The van der Waals surface area contributed by atoms with Crippen LogP contribution in [0.15, 0.2) is 4.99 Å². The van der Waals surface area contributed by atoms with E-state index in [1.807, 2.05) is 0 Å². The lowest BCUT2D eigenvalue weighted by molar-refractivity contribution is -0.0491. The highest BCUT2D eigenvalue weighted by Crippen LogP contribution is 2.35. The largest absolute Gasteiger partial charge is 0.378 e.